The van der Waals surface area contributed by atoms with Gasteiger partial charge in [-0.15, -0.1) is 16.4 Å². The van der Waals surface area contributed by atoms with Crippen LogP contribution in [-0.2, 0) is 0 Å². The molecule has 1 aliphatic rings. The molecule has 9 heteroatoms. The van der Waals surface area contributed by atoms with Gasteiger partial charge < -0.3 is 10.2 Å². The second-order valence-electron chi connectivity index (χ2n) is 6.04. The maximum absolute atomic E-state index is 12.3. The molecule has 3 aromatic rings. The maximum Gasteiger partial charge on any atom is 0.265 e. The van der Waals surface area contributed by atoms with E-state index in [4.69, 9.17) is 0 Å². The molecule has 1 saturated heterocycles. The fourth-order valence-electron chi connectivity index (χ4n) is 2.97. The van der Waals surface area contributed by atoms with Crippen molar-refractivity contribution in [2.75, 3.05) is 18.0 Å². The molecule has 7 nitrogen and oxygen atoms in total. The molecule has 3 aromatic heterocycles. The summed E-state index contributed by atoms with van der Waals surface area (Å²) in [5, 5.41) is 16.6. The lowest BCUT2D eigenvalue weighted by Crippen LogP contribution is -2.44. The van der Waals surface area contributed by atoms with Gasteiger partial charge in [0, 0.05) is 25.2 Å². The van der Waals surface area contributed by atoms with E-state index in [2.05, 4.69) is 47.5 Å². The minimum atomic E-state index is -0.0642. The second kappa shape index (κ2) is 6.93. The Kier molecular flexibility index (Phi) is 4.50. The average Bonchev–Trinajstić information content (AvgIpc) is 3.36. The predicted molar refractivity (Wildman–Crippen MR) is 99.2 cm³/mol. The number of carbonyl (C=O) groups excluding carboxylic acids is 1. The lowest BCUT2D eigenvalue weighted by molar-refractivity contribution is 0.0934. The maximum atomic E-state index is 12.3. The Bertz CT molecular complexity index is 848. The van der Waals surface area contributed by atoms with Gasteiger partial charge in [0.1, 0.15) is 4.88 Å². The molecule has 1 fully saturated rings. The van der Waals surface area contributed by atoms with Crippen LogP contribution in [0.1, 0.15) is 28.2 Å². The largest absolute Gasteiger partial charge is 0.355 e. The van der Waals surface area contributed by atoms with Gasteiger partial charge in [-0.3, -0.25) is 9.89 Å². The van der Waals surface area contributed by atoms with E-state index in [-0.39, 0.29) is 11.9 Å². The highest BCUT2D eigenvalue weighted by Gasteiger charge is 2.24. The number of nitrogens with zero attached hydrogens (tertiary/aromatic N) is 4. The number of amides is 1. The van der Waals surface area contributed by atoms with Crippen LogP contribution in [0.5, 0.6) is 0 Å². The summed E-state index contributed by atoms with van der Waals surface area (Å²) in [6.45, 7) is 3.56. The van der Waals surface area contributed by atoms with E-state index in [1.54, 1.807) is 11.3 Å². The average molecular weight is 374 g/mol. The number of nitrogens with one attached hydrogen (secondary N) is 2. The van der Waals surface area contributed by atoms with Crippen molar-refractivity contribution < 1.29 is 4.79 Å². The number of H-pyrrole nitrogens is 1. The van der Waals surface area contributed by atoms with Gasteiger partial charge in [0.15, 0.2) is 5.82 Å². The standard InChI is InChI=1S/C16H18N6OS2/c1-10-15(25-21-18-10)16(23)17-11-4-6-22(7-5-11)14-9-12(19-20-14)13-3-2-8-24-13/h2-3,8-9,11H,4-7H2,1H3,(H,17,23)(H,19,20). The Hall–Kier alpha value is -2.26. The van der Waals surface area contributed by atoms with Crippen LogP contribution >= 0.6 is 22.9 Å². The van der Waals surface area contributed by atoms with Gasteiger partial charge >= 0.3 is 0 Å². The van der Waals surface area contributed by atoms with E-state index in [1.165, 1.54) is 4.88 Å². The van der Waals surface area contributed by atoms with E-state index < -0.39 is 0 Å². The van der Waals surface area contributed by atoms with Gasteiger partial charge in [-0.05, 0) is 42.7 Å². The molecule has 0 unspecified atom stereocenters. The van der Waals surface area contributed by atoms with Crippen molar-refractivity contribution in [2.45, 2.75) is 25.8 Å². The SMILES string of the molecule is Cc1nnsc1C(=O)NC1CCN(c2cc(-c3cccs3)[nH]n2)CC1. The molecule has 0 saturated carbocycles. The summed E-state index contributed by atoms with van der Waals surface area (Å²) in [4.78, 5) is 16.3. The van der Waals surface area contributed by atoms with E-state index in [9.17, 15) is 4.79 Å². The van der Waals surface area contributed by atoms with Crippen LogP contribution in [-0.4, -0.2) is 44.8 Å². The third kappa shape index (κ3) is 3.42. The van der Waals surface area contributed by atoms with E-state index in [0.717, 1.165) is 49.0 Å². The summed E-state index contributed by atoms with van der Waals surface area (Å²) in [7, 11) is 0. The molecule has 0 aromatic carbocycles. The Labute approximate surface area is 153 Å². The minimum Gasteiger partial charge on any atom is -0.355 e. The fourth-order valence-corrected chi connectivity index (χ4v) is 4.23. The molecule has 4 heterocycles. The van der Waals surface area contributed by atoms with Gasteiger partial charge in [0.05, 0.1) is 16.3 Å². The lowest BCUT2D eigenvalue weighted by Gasteiger charge is -2.32. The number of piperidine rings is 1. The highest BCUT2D eigenvalue weighted by atomic mass is 32.1. The van der Waals surface area contributed by atoms with Crippen molar-refractivity contribution in [1.29, 1.82) is 0 Å². The molecular formula is C16H18N6OS2. The number of hydrogen-bond donors (Lipinski definition) is 2. The van der Waals surface area contributed by atoms with Crippen LogP contribution in [0.3, 0.4) is 0 Å². The Balaban J connectivity index is 1.34. The smallest absolute Gasteiger partial charge is 0.265 e. The molecule has 2 N–H and O–H groups in total. The molecule has 1 amide bonds. The summed E-state index contributed by atoms with van der Waals surface area (Å²) in [6, 6.07) is 6.40. The van der Waals surface area contributed by atoms with E-state index in [1.807, 2.05) is 13.0 Å². The first-order valence-corrected chi connectivity index (χ1v) is 9.80. The zero-order valence-corrected chi connectivity index (χ0v) is 15.4. The van der Waals surface area contributed by atoms with Crippen molar-refractivity contribution in [3.63, 3.8) is 0 Å². The van der Waals surface area contributed by atoms with Crippen molar-refractivity contribution in [1.82, 2.24) is 25.1 Å². The molecule has 0 radical (unpaired) electrons. The molecule has 0 atom stereocenters. The quantitative estimate of drug-likeness (QED) is 0.733. The number of carbonyl (C=O) groups is 1. The molecular weight excluding hydrogens is 356 g/mol. The summed E-state index contributed by atoms with van der Waals surface area (Å²) >= 11 is 2.84. The molecule has 25 heavy (non-hydrogen) atoms. The number of aryl methyl sites for hydroxylation is 1. The van der Waals surface area contributed by atoms with Gasteiger partial charge in [-0.25, -0.2) is 0 Å². The Morgan fingerprint density at radius 3 is 2.92 bits per heavy atom. The topological polar surface area (TPSA) is 86.8 Å². The highest BCUT2D eigenvalue weighted by Crippen LogP contribution is 2.27. The third-order valence-electron chi connectivity index (χ3n) is 4.36. The number of anilines is 1. The first-order chi connectivity index (χ1) is 12.2. The van der Waals surface area contributed by atoms with Gasteiger partial charge in [-0.2, -0.15) is 5.10 Å². The van der Waals surface area contributed by atoms with E-state index >= 15 is 0 Å². The summed E-state index contributed by atoms with van der Waals surface area (Å²) < 4.78 is 3.82. The molecule has 130 valence electrons. The van der Waals surface area contributed by atoms with E-state index in [0.29, 0.717) is 10.6 Å². The van der Waals surface area contributed by atoms with Crippen LogP contribution in [0.4, 0.5) is 5.82 Å². The lowest BCUT2D eigenvalue weighted by atomic mass is 10.0. The molecule has 1 aliphatic heterocycles. The summed E-state index contributed by atoms with van der Waals surface area (Å²) in [6.07, 6.45) is 1.80. The second-order valence-corrected chi connectivity index (χ2v) is 7.74. The Morgan fingerprint density at radius 1 is 1.40 bits per heavy atom. The monoisotopic (exact) mass is 374 g/mol. The number of rotatable bonds is 4. The first-order valence-electron chi connectivity index (χ1n) is 8.15. The van der Waals surface area contributed by atoms with Crippen LogP contribution in [0.25, 0.3) is 10.6 Å². The molecule has 0 bridgehead atoms. The van der Waals surface area contributed by atoms with Crippen molar-refractivity contribution in [3.05, 3.63) is 34.2 Å². The number of hydrogen-bond acceptors (Lipinski definition) is 7. The minimum absolute atomic E-state index is 0.0642. The zero-order chi connectivity index (χ0) is 17.2. The van der Waals surface area contributed by atoms with Crippen LogP contribution < -0.4 is 10.2 Å². The number of aromatic amines is 1. The summed E-state index contributed by atoms with van der Waals surface area (Å²) in [5.41, 5.74) is 1.74. The fraction of sp³-hybridized carbons (Fsp3) is 0.375. The highest BCUT2D eigenvalue weighted by molar-refractivity contribution is 7.13. The summed E-state index contributed by atoms with van der Waals surface area (Å²) in [5.74, 6) is 0.904. The van der Waals surface area contributed by atoms with Crippen molar-refractivity contribution in [3.8, 4) is 10.6 Å². The molecule has 4 rings (SSSR count). The third-order valence-corrected chi connectivity index (χ3v) is 6.09. The van der Waals surface area contributed by atoms with Crippen molar-refractivity contribution in [2.24, 2.45) is 0 Å². The molecule has 0 aliphatic carbocycles. The van der Waals surface area contributed by atoms with Crippen LogP contribution in [0, 0.1) is 6.92 Å². The van der Waals surface area contributed by atoms with Crippen LogP contribution in [0.2, 0.25) is 0 Å². The first kappa shape index (κ1) is 16.2. The van der Waals surface area contributed by atoms with Gasteiger partial charge in [0.2, 0.25) is 0 Å². The number of aromatic nitrogens is 4. The normalized spacial score (nSPS) is 15.5. The zero-order valence-electron chi connectivity index (χ0n) is 13.7. The van der Waals surface area contributed by atoms with Crippen molar-refractivity contribution >= 4 is 34.6 Å². The molecule has 0 spiro atoms. The number of thiophene rings is 1. The van der Waals surface area contributed by atoms with Crippen LogP contribution in [0.15, 0.2) is 23.6 Å². The Morgan fingerprint density at radius 2 is 2.24 bits per heavy atom. The predicted octanol–water partition coefficient (Wildman–Crippen LogP) is 2.70. The van der Waals surface area contributed by atoms with Gasteiger partial charge in [-0.1, -0.05) is 10.6 Å². The van der Waals surface area contributed by atoms with Gasteiger partial charge in [0.25, 0.3) is 5.91 Å².